The Morgan fingerprint density at radius 2 is 1.77 bits per heavy atom. The lowest BCUT2D eigenvalue weighted by atomic mass is 10.0. The number of aromatic nitrogens is 1. The molecule has 1 unspecified atom stereocenters. The molecule has 1 saturated heterocycles. The van der Waals surface area contributed by atoms with Crippen molar-refractivity contribution < 1.29 is 0 Å². The molecule has 1 aliphatic rings. The second-order valence-corrected chi connectivity index (χ2v) is 6.33. The zero-order valence-electron chi connectivity index (χ0n) is 13.1. The van der Waals surface area contributed by atoms with Gasteiger partial charge in [-0.2, -0.15) is 0 Å². The number of nitrogens with zero attached hydrogens (tertiary/aromatic N) is 2. The van der Waals surface area contributed by atoms with Crippen molar-refractivity contribution in [2.45, 2.75) is 25.4 Å². The lowest BCUT2D eigenvalue weighted by Crippen LogP contribution is -2.22. The van der Waals surface area contributed by atoms with E-state index >= 15 is 0 Å². The van der Waals surface area contributed by atoms with E-state index < -0.39 is 0 Å². The third-order valence-corrected chi connectivity index (χ3v) is 4.88. The average molecular weight is 290 g/mol. The Hall–Kier alpha value is -2.06. The van der Waals surface area contributed by atoms with Crippen LogP contribution in [0.3, 0.4) is 0 Å². The van der Waals surface area contributed by atoms with Crippen LogP contribution in [0.4, 0.5) is 0 Å². The molecule has 0 bridgehead atoms. The summed E-state index contributed by atoms with van der Waals surface area (Å²) in [5, 5.41) is 1.41. The number of rotatable bonds is 3. The van der Waals surface area contributed by atoms with Crippen LogP contribution in [0.15, 0.2) is 60.8 Å². The number of benzene rings is 2. The minimum absolute atomic E-state index is 0.548. The van der Waals surface area contributed by atoms with Crippen molar-refractivity contribution >= 4 is 10.9 Å². The van der Waals surface area contributed by atoms with E-state index in [1.54, 1.807) is 0 Å². The third kappa shape index (κ3) is 2.34. The number of hydrogen-bond donors (Lipinski definition) is 0. The summed E-state index contributed by atoms with van der Waals surface area (Å²) in [5.74, 6) is 0. The van der Waals surface area contributed by atoms with E-state index in [9.17, 15) is 0 Å². The summed E-state index contributed by atoms with van der Waals surface area (Å²) < 4.78 is 2.27. The smallest absolute Gasteiger partial charge is 0.0481 e. The molecule has 2 nitrogen and oxygen atoms in total. The van der Waals surface area contributed by atoms with E-state index in [-0.39, 0.29) is 0 Å². The first-order chi connectivity index (χ1) is 10.8. The van der Waals surface area contributed by atoms with Crippen molar-refractivity contribution in [3.63, 3.8) is 0 Å². The Morgan fingerprint density at radius 3 is 2.64 bits per heavy atom. The van der Waals surface area contributed by atoms with Gasteiger partial charge in [0.2, 0.25) is 0 Å². The van der Waals surface area contributed by atoms with Crippen LogP contribution in [0, 0.1) is 0 Å². The van der Waals surface area contributed by atoms with Gasteiger partial charge in [-0.1, -0.05) is 48.5 Å². The molecule has 0 saturated carbocycles. The van der Waals surface area contributed by atoms with Crippen molar-refractivity contribution in [1.82, 2.24) is 9.47 Å². The molecule has 0 spiro atoms. The molecule has 0 amide bonds. The van der Waals surface area contributed by atoms with Gasteiger partial charge < -0.3 is 4.57 Å². The number of aryl methyl sites for hydroxylation is 1. The molecule has 1 atom stereocenters. The second kappa shape index (κ2) is 5.62. The third-order valence-electron chi connectivity index (χ3n) is 4.88. The summed E-state index contributed by atoms with van der Waals surface area (Å²) in [6, 6.07) is 20.2. The van der Waals surface area contributed by atoms with Gasteiger partial charge >= 0.3 is 0 Å². The van der Waals surface area contributed by atoms with Crippen LogP contribution in [0.1, 0.15) is 30.0 Å². The van der Waals surface area contributed by atoms with E-state index in [1.165, 1.54) is 41.4 Å². The molecule has 1 fully saturated rings. The molecular formula is C20H22N2. The molecule has 2 heteroatoms. The van der Waals surface area contributed by atoms with Gasteiger partial charge in [0, 0.05) is 36.7 Å². The van der Waals surface area contributed by atoms with Crippen LogP contribution < -0.4 is 0 Å². The maximum Gasteiger partial charge on any atom is 0.0481 e. The van der Waals surface area contributed by atoms with E-state index in [0.29, 0.717) is 6.04 Å². The summed E-state index contributed by atoms with van der Waals surface area (Å²) in [6.07, 6.45) is 4.89. The first-order valence-electron chi connectivity index (χ1n) is 8.15. The molecule has 0 aliphatic carbocycles. The molecule has 1 aliphatic heterocycles. The lowest BCUT2D eigenvalue weighted by Gasteiger charge is -2.24. The molecule has 3 aromatic rings. The van der Waals surface area contributed by atoms with Gasteiger partial charge in [-0.05, 0) is 36.6 Å². The maximum absolute atomic E-state index is 2.64. The zero-order chi connectivity index (χ0) is 14.9. The number of fused-ring (bicyclic) bond motifs is 1. The number of hydrogen-bond acceptors (Lipinski definition) is 1. The van der Waals surface area contributed by atoms with Crippen LogP contribution in [-0.2, 0) is 13.6 Å². The van der Waals surface area contributed by atoms with Crippen molar-refractivity contribution in [3.05, 3.63) is 71.9 Å². The fourth-order valence-electron chi connectivity index (χ4n) is 3.82. The largest absolute Gasteiger partial charge is 0.350 e. The average Bonchev–Trinajstić information content (AvgIpc) is 3.13. The van der Waals surface area contributed by atoms with Crippen molar-refractivity contribution in [1.29, 1.82) is 0 Å². The highest BCUT2D eigenvalue weighted by Crippen LogP contribution is 2.37. The summed E-state index contributed by atoms with van der Waals surface area (Å²) in [6.45, 7) is 2.25. The Bertz CT molecular complexity index is 773. The van der Waals surface area contributed by atoms with Crippen LogP contribution in [0.2, 0.25) is 0 Å². The Labute approximate surface area is 132 Å². The fourth-order valence-corrected chi connectivity index (χ4v) is 3.82. The van der Waals surface area contributed by atoms with E-state index in [4.69, 9.17) is 0 Å². The molecular weight excluding hydrogens is 268 g/mol. The molecule has 1 aromatic heterocycles. The van der Waals surface area contributed by atoms with Gasteiger partial charge in [-0.15, -0.1) is 0 Å². The van der Waals surface area contributed by atoms with Gasteiger partial charge in [0.15, 0.2) is 0 Å². The Balaban J connectivity index is 1.68. The Kier molecular flexibility index (Phi) is 3.47. The van der Waals surface area contributed by atoms with Crippen molar-refractivity contribution in [2.75, 3.05) is 6.54 Å². The predicted molar refractivity (Wildman–Crippen MR) is 91.7 cm³/mol. The lowest BCUT2D eigenvalue weighted by molar-refractivity contribution is 0.249. The summed E-state index contributed by atoms with van der Waals surface area (Å²) in [5.41, 5.74) is 4.24. The zero-order valence-corrected chi connectivity index (χ0v) is 13.1. The summed E-state index contributed by atoms with van der Waals surface area (Å²) >= 11 is 0. The molecule has 22 heavy (non-hydrogen) atoms. The van der Waals surface area contributed by atoms with E-state index in [2.05, 4.69) is 77.3 Å². The first kappa shape index (κ1) is 13.6. The van der Waals surface area contributed by atoms with E-state index in [1.807, 2.05) is 0 Å². The standard InChI is InChI=1S/C20H22N2/c1-21-15-18(17-10-5-6-11-19(17)21)20-12-7-13-22(20)14-16-8-3-2-4-9-16/h2-6,8-11,15,20H,7,12-14H2,1H3. The summed E-state index contributed by atoms with van der Waals surface area (Å²) in [4.78, 5) is 2.64. The highest BCUT2D eigenvalue weighted by Gasteiger charge is 2.28. The monoisotopic (exact) mass is 290 g/mol. The number of para-hydroxylation sites is 1. The van der Waals surface area contributed by atoms with Gasteiger partial charge in [0.1, 0.15) is 0 Å². The Morgan fingerprint density at radius 1 is 1.00 bits per heavy atom. The minimum atomic E-state index is 0.548. The van der Waals surface area contributed by atoms with E-state index in [0.717, 1.165) is 6.54 Å². The first-order valence-corrected chi connectivity index (χ1v) is 8.15. The fraction of sp³-hybridized carbons (Fsp3) is 0.300. The van der Waals surface area contributed by atoms with Crippen molar-refractivity contribution in [3.8, 4) is 0 Å². The second-order valence-electron chi connectivity index (χ2n) is 6.33. The SMILES string of the molecule is Cn1cc(C2CCCN2Cc2ccccc2)c2ccccc21. The van der Waals surface area contributed by atoms with Gasteiger partial charge in [-0.3, -0.25) is 4.90 Å². The quantitative estimate of drug-likeness (QED) is 0.688. The predicted octanol–water partition coefficient (Wildman–Crippen LogP) is 4.52. The molecule has 2 aromatic carbocycles. The van der Waals surface area contributed by atoms with Gasteiger partial charge in [0.25, 0.3) is 0 Å². The van der Waals surface area contributed by atoms with Gasteiger partial charge in [-0.25, -0.2) is 0 Å². The molecule has 0 N–H and O–H groups in total. The topological polar surface area (TPSA) is 8.17 Å². The van der Waals surface area contributed by atoms with Gasteiger partial charge in [0.05, 0.1) is 0 Å². The normalized spacial score (nSPS) is 19.0. The van der Waals surface area contributed by atoms with Crippen LogP contribution in [0.5, 0.6) is 0 Å². The van der Waals surface area contributed by atoms with Crippen LogP contribution in [0.25, 0.3) is 10.9 Å². The molecule has 2 heterocycles. The van der Waals surface area contributed by atoms with Crippen molar-refractivity contribution in [2.24, 2.45) is 7.05 Å². The minimum Gasteiger partial charge on any atom is -0.350 e. The molecule has 112 valence electrons. The van der Waals surface area contributed by atoms with Crippen LogP contribution in [-0.4, -0.2) is 16.0 Å². The number of likely N-dealkylation sites (tertiary alicyclic amines) is 1. The molecule has 0 radical (unpaired) electrons. The highest BCUT2D eigenvalue weighted by molar-refractivity contribution is 5.84. The maximum atomic E-state index is 2.64. The van der Waals surface area contributed by atoms with Crippen LogP contribution >= 0.6 is 0 Å². The highest BCUT2D eigenvalue weighted by atomic mass is 15.2. The molecule has 4 rings (SSSR count). The summed E-state index contributed by atoms with van der Waals surface area (Å²) in [7, 11) is 2.16.